The average molecular weight is 371 g/mol. The number of carbonyl (C=O) groups excluding carboxylic acids is 1. The van der Waals surface area contributed by atoms with Crippen LogP contribution in [-0.2, 0) is 17.8 Å². The van der Waals surface area contributed by atoms with E-state index in [1.165, 1.54) is 4.68 Å². The van der Waals surface area contributed by atoms with Crippen molar-refractivity contribution in [2.75, 3.05) is 6.54 Å². The Bertz CT molecular complexity index is 963. The molecule has 2 aromatic heterocycles. The van der Waals surface area contributed by atoms with Gasteiger partial charge in [0.1, 0.15) is 5.52 Å². The zero-order chi connectivity index (χ0) is 18.5. The van der Waals surface area contributed by atoms with Crippen LogP contribution in [0, 0.1) is 0 Å². The highest BCUT2D eigenvalue weighted by molar-refractivity contribution is 7.09. The van der Waals surface area contributed by atoms with Gasteiger partial charge in [-0.2, -0.15) is 0 Å². The summed E-state index contributed by atoms with van der Waals surface area (Å²) in [5.41, 5.74) is 1.32. The third-order valence-electron chi connectivity index (χ3n) is 3.95. The predicted octanol–water partition coefficient (Wildman–Crippen LogP) is 2.12. The number of hydrogen-bond acceptors (Lipinski definition) is 6. The van der Waals surface area contributed by atoms with Gasteiger partial charge in [-0.3, -0.25) is 9.59 Å². The van der Waals surface area contributed by atoms with Gasteiger partial charge in [-0.25, -0.2) is 9.67 Å². The van der Waals surface area contributed by atoms with Crippen molar-refractivity contribution in [3.05, 3.63) is 50.7 Å². The Hall–Kier alpha value is -2.61. The lowest BCUT2D eigenvalue weighted by Crippen LogP contribution is -2.30. The summed E-state index contributed by atoms with van der Waals surface area (Å²) in [5.74, 6) is 0.302. The van der Waals surface area contributed by atoms with Gasteiger partial charge in [-0.1, -0.05) is 31.2 Å². The number of hydrogen-bond donors (Lipinski definition) is 1. The van der Waals surface area contributed by atoms with E-state index in [4.69, 9.17) is 0 Å². The van der Waals surface area contributed by atoms with E-state index in [9.17, 15) is 9.59 Å². The first-order valence-corrected chi connectivity index (χ1v) is 9.46. The molecule has 0 spiro atoms. The van der Waals surface area contributed by atoms with Crippen molar-refractivity contribution in [1.82, 2.24) is 25.3 Å². The third-order valence-corrected chi connectivity index (χ3v) is 5.14. The summed E-state index contributed by atoms with van der Waals surface area (Å²) < 4.78 is 1.23. The van der Waals surface area contributed by atoms with Crippen molar-refractivity contribution in [3.8, 4) is 0 Å². The number of rotatable bonds is 7. The van der Waals surface area contributed by atoms with Crippen LogP contribution in [0.1, 0.15) is 36.9 Å². The van der Waals surface area contributed by atoms with E-state index in [-0.39, 0.29) is 24.4 Å². The number of aryl methyl sites for hydroxylation is 1. The van der Waals surface area contributed by atoms with E-state index in [2.05, 4.69) is 34.5 Å². The van der Waals surface area contributed by atoms with Gasteiger partial charge in [-0.05, 0) is 12.1 Å². The number of nitrogens with zero attached hydrogens (tertiary/aromatic N) is 4. The molecule has 0 fully saturated rings. The predicted molar refractivity (Wildman–Crippen MR) is 101 cm³/mol. The van der Waals surface area contributed by atoms with Gasteiger partial charge in [0.2, 0.25) is 5.91 Å². The van der Waals surface area contributed by atoms with Gasteiger partial charge in [0.25, 0.3) is 5.56 Å². The smallest absolute Gasteiger partial charge is 0.277 e. The van der Waals surface area contributed by atoms with Gasteiger partial charge in [0.05, 0.1) is 22.6 Å². The van der Waals surface area contributed by atoms with Gasteiger partial charge in [0, 0.05) is 30.7 Å². The molecular weight excluding hydrogens is 350 g/mol. The molecule has 26 heavy (non-hydrogen) atoms. The molecular formula is C18H21N5O2S. The molecule has 0 unspecified atom stereocenters. The molecule has 2 heterocycles. The topological polar surface area (TPSA) is 89.8 Å². The molecule has 0 radical (unpaired) electrons. The lowest BCUT2D eigenvalue weighted by atomic mass is 10.2. The summed E-state index contributed by atoms with van der Waals surface area (Å²) in [6.45, 7) is 4.96. The van der Waals surface area contributed by atoms with E-state index in [0.29, 0.717) is 29.8 Å². The number of benzene rings is 1. The molecule has 1 amide bonds. The minimum atomic E-state index is -0.230. The molecule has 1 aromatic carbocycles. The molecule has 0 bridgehead atoms. The maximum atomic E-state index is 12.3. The van der Waals surface area contributed by atoms with Crippen LogP contribution >= 0.6 is 11.3 Å². The summed E-state index contributed by atoms with van der Waals surface area (Å²) in [7, 11) is 0. The largest absolute Gasteiger partial charge is 0.356 e. The molecule has 0 aliphatic carbocycles. The fourth-order valence-corrected chi connectivity index (χ4v) is 3.37. The molecule has 0 aliphatic heterocycles. The molecule has 3 aromatic rings. The van der Waals surface area contributed by atoms with Crippen molar-refractivity contribution >= 4 is 28.1 Å². The summed E-state index contributed by atoms with van der Waals surface area (Å²) in [4.78, 5) is 28.9. The van der Waals surface area contributed by atoms with Crippen LogP contribution in [0.2, 0.25) is 0 Å². The van der Waals surface area contributed by atoms with Gasteiger partial charge in [0.15, 0.2) is 0 Å². The average Bonchev–Trinajstić information content (AvgIpc) is 3.11. The number of fused-ring (bicyclic) bond motifs is 1. The van der Waals surface area contributed by atoms with Crippen LogP contribution in [0.4, 0.5) is 0 Å². The minimum absolute atomic E-state index is 0.119. The van der Waals surface area contributed by atoms with Crippen molar-refractivity contribution in [1.29, 1.82) is 0 Å². The fraction of sp³-hybridized carbons (Fsp3) is 0.389. The normalized spacial score (nSPS) is 11.2. The van der Waals surface area contributed by atoms with E-state index < -0.39 is 0 Å². The molecule has 0 saturated carbocycles. The molecule has 0 saturated heterocycles. The number of aromatic nitrogens is 4. The van der Waals surface area contributed by atoms with E-state index in [0.717, 1.165) is 10.7 Å². The summed E-state index contributed by atoms with van der Waals surface area (Å²) in [5, 5.41) is 14.4. The van der Waals surface area contributed by atoms with E-state index >= 15 is 0 Å². The Kier molecular flexibility index (Phi) is 5.72. The Balaban J connectivity index is 1.49. The van der Waals surface area contributed by atoms with E-state index in [1.807, 2.05) is 5.38 Å². The zero-order valence-corrected chi connectivity index (χ0v) is 15.6. The van der Waals surface area contributed by atoms with Crippen molar-refractivity contribution < 1.29 is 4.79 Å². The van der Waals surface area contributed by atoms with Crippen molar-refractivity contribution in [3.63, 3.8) is 0 Å². The maximum absolute atomic E-state index is 12.3. The third kappa shape index (κ3) is 4.32. The SMILES string of the molecule is CC(C)c1nc(CCNC(=O)CCn2nnc3ccccc3c2=O)cs1. The summed E-state index contributed by atoms with van der Waals surface area (Å²) >= 11 is 1.65. The highest BCUT2D eigenvalue weighted by atomic mass is 32.1. The molecule has 0 aliphatic rings. The first-order chi connectivity index (χ1) is 12.5. The van der Waals surface area contributed by atoms with Crippen LogP contribution in [0.5, 0.6) is 0 Å². The van der Waals surface area contributed by atoms with Crippen molar-refractivity contribution in [2.45, 2.75) is 39.2 Å². The molecule has 1 N–H and O–H groups in total. The Labute approximate surface area is 155 Å². The van der Waals surface area contributed by atoms with Crippen LogP contribution < -0.4 is 10.9 Å². The van der Waals surface area contributed by atoms with Gasteiger partial charge in [-0.15, -0.1) is 16.4 Å². The number of thiazole rings is 1. The van der Waals surface area contributed by atoms with Crippen LogP contribution in [-0.4, -0.2) is 32.4 Å². The Morgan fingerprint density at radius 1 is 1.31 bits per heavy atom. The van der Waals surface area contributed by atoms with Gasteiger partial charge < -0.3 is 5.32 Å². The quantitative estimate of drug-likeness (QED) is 0.687. The first kappa shape index (κ1) is 18.2. The van der Waals surface area contributed by atoms with Crippen LogP contribution in [0.25, 0.3) is 10.9 Å². The lowest BCUT2D eigenvalue weighted by Gasteiger charge is -2.06. The molecule has 3 rings (SSSR count). The Morgan fingerprint density at radius 2 is 2.12 bits per heavy atom. The molecule has 8 heteroatoms. The second-order valence-electron chi connectivity index (χ2n) is 6.32. The molecule has 136 valence electrons. The monoisotopic (exact) mass is 371 g/mol. The second-order valence-corrected chi connectivity index (χ2v) is 7.21. The lowest BCUT2D eigenvalue weighted by molar-refractivity contribution is -0.121. The van der Waals surface area contributed by atoms with Crippen LogP contribution in [0.15, 0.2) is 34.4 Å². The fourth-order valence-electron chi connectivity index (χ4n) is 2.50. The highest BCUT2D eigenvalue weighted by Crippen LogP contribution is 2.19. The molecule has 0 atom stereocenters. The standard InChI is InChI=1S/C18H21N5O2S/c1-12(2)17-20-13(11-26-17)7-9-19-16(24)8-10-23-18(25)14-5-3-4-6-15(14)21-22-23/h3-6,11-12H,7-10H2,1-2H3,(H,19,24). The van der Waals surface area contributed by atoms with Gasteiger partial charge >= 0.3 is 0 Å². The van der Waals surface area contributed by atoms with Crippen LogP contribution in [0.3, 0.4) is 0 Å². The minimum Gasteiger partial charge on any atom is -0.356 e. The number of nitrogens with one attached hydrogen (secondary N) is 1. The summed E-state index contributed by atoms with van der Waals surface area (Å²) in [6, 6.07) is 7.04. The number of carbonyl (C=O) groups is 1. The summed E-state index contributed by atoms with van der Waals surface area (Å²) in [6.07, 6.45) is 0.881. The van der Waals surface area contributed by atoms with E-state index in [1.54, 1.807) is 35.6 Å². The maximum Gasteiger partial charge on any atom is 0.277 e. The van der Waals surface area contributed by atoms with Crippen molar-refractivity contribution in [2.24, 2.45) is 0 Å². The highest BCUT2D eigenvalue weighted by Gasteiger charge is 2.09. The number of amides is 1. The zero-order valence-electron chi connectivity index (χ0n) is 14.8. The second kappa shape index (κ2) is 8.18. The Morgan fingerprint density at radius 3 is 2.88 bits per heavy atom. The molecule has 7 nitrogen and oxygen atoms in total. The first-order valence-electron chi connectivity index (χ1n) is 8.58.